The number of esters is 2. The number of carbonyl (C=O) groups is 4. The number of carbonyl (C=O) groups excluding carboxylic acids is 4. The Labute approximate surface area is 409 Å². The molecule has 350 valence electrons. The van der Waals surface area contributed by atoms with Gasteiger partial charge in [0.1, 0.15) is 12.5 Å². The first kappa shape index (κ1) is 52.6. The molecule has 0 fully saturated rings. The summed E-state index contributed by atoms with van der Waals surface area (Å²) in [4.78, 5) is 71.9. The molecule has 0 saturated carbocycles. The van der Waals surface area contributed by atoms with Gasteiger partial charge in [-0.1, -0.05) is 102 Å². The molecule has 6 atom stereocenters. The molecule has 0 radical (unpaired) electrons. The summed E-state index contributed by atoms with van der Waals surface area (Å²) in [5.41, 5.74) is 10.6. The van der Waals surface area contributed by atoms with E-state index in [0.717, 1.165) is 52.9 Å². The van der Waals surface area contributed by atoms with Crippen LogP contribution in [0.25, 0.3) is 27.6 Å². The van der Waals surface area contributed by atoms with Crippen molar-refractivity contribution >= 4 is 74.2 Å². The monoisotopic (exact) mass is 911 g/mol. The molecule has 3 aliphatic rings. The molecule has 0 amide bonds. The molecule has 0 spiro atoms. The second-order valence-corrected chi connectivity index (χ2v) is 19.9. The van der Waals surface area contributed by atoms with E-state index in [-0.39, 0.29) is 71.4 Å². The number of fused-ring (bicyclic) bond motifs is 8. The van der Waals surface area contributed by atoms with Crippen LogP contribution in [0.5, 0.6) is 0 Å². The Kier molecular flexibility index (Phi) is 18.4. The van der Waals surface area contributed by atoms with Crippen LogP contribution in [0.15, 0.2) is 35.9 Å². The number of methoxy groups -OCH3 is 1. The SMILES string of the molecule is C/C=C1/c2cc3[n-]c4c(c3C)C(=O)[C@H](C(=O)OC)c4c3[nH+]c(cc4[n-]c(cc([nH+]2)[C@@H]1C)c(C(C)=O)c4C)[C@@H](C)[C@@H]3CCC(=O)OC/C=C(\C)CCC[C@H](C)CCC[C@H](C)CCCC(C)C.[Mg+2]. The predicted molar refractivity (Wildman–Crippen MR) is 263 cm³/mol. The summed E-state index contributed by atoms with van der Waals surface area (Å²) < 4.78 is 11.1. The van der Waals surface area contributed by atoms with Gasteiger partial charge in [-0.15, -0.1) is 22.1 Å². The zero-order valence-corrected chi connectivity index (χ0v) is 43.4. The maximum Gasteiger partial charge on any atom is 2.00 e. The smallest absolute Gasteiger partial charge is 0.657 e. The number of ketones is 2. The Morgan fingerprint density at radius 1 is 0.818 bits per heavy atom. The number of hydrogen-bond acceptors (Lipinski definition) is 6. The van der Waals surface area contributed by atoms with E-state index in [4.69, 9.17) is 19.4 Å². The van der Waals surface area contributed by atoms with E-state index < -0.39 is 11.9 Å². The van der Waals surface area contributed by atoms with E-state index in [0.29, 0.717) is 62.4 Å². The first-order valence-corrected chi connectivity index (χ1v) is 24.3. The molecule has 0 saturated heterocycles. The van der Waals surface area contributed by atoms with Gasteiger partial charge in [-0.05, 0) is 103 Å². The van der Waals surface area contributed by atoms with Crippen molar-refractivity contribution in [2.24, 2.45) is 17.8 Å². The molecular formula is C55H74MgN4O6+2. The molecule has 10 nitrogen and oxygen atoms in total. The van der Waals surface area contributed by atoms with Gasteiger partial charge in [-0.25, -0.2) is 9.97 Å². The number of rotatable bonds is 19. The summed E-state index contributed by atoms with van der Waals surface area (Å²) in [5, 5.41) is 0. The van der Waals surface area contributed by atoms with Crippen molar-refractivity contribution in [2.75, 3.05) is 13.7 Å². The Morgan fingerprint density at radius 3 is 2.09 bits per heavy atom. The summed E-state index contributed by atoms with van der Waals surface area (Å²) in [5.74, 6) is -0.837. The van der Waals surface area contributed by atoms with Gasteiger partial charge < -0.3 is 19.4 Å². The number of aromatic nitrogens is 4. The van der Waals surface area contributed by atoms with Gasteiger partial charge in [0.15, 0.2) is 28.6 Å². The summed E-state index contributed by atoms with van der Waals surface area (Å²) in [7, 11) is 1.29. The summed E-state index contributed by atoms with van der Waals surface area (Å²) >= 11 is 0. The van der Waals surface area contributed by atoms with Gasteiger partial charge in [-0.3, -0.25) is 19.2 Å². The molecule has 6 rings (SSSR count). The van der Waals surface area contributed by atoms with E-state index in [2.05, 4.69) is 64.5 Å². The number of hydrogen-bond donors (Lipinski definition) is 0. The topological polar surface area (TPSA) is 143 Å². The maximum atomic E-state index is 14.4. The van der Waals surface area contributed by atoms with Crippen molar-refractivity contribution in [1.29, 1.82) is 0 Å². The van der Waals surface area contributed by atoms with E-state index in [1.807, 2.05) is 45.0 Å². The number of H-pyrrole nitrogens is 2. The van der Waals surface area contributed by atoms with Crippen LogP contribution >= 0.6 is 0 Å². The van der Waals surface area contributed by atoms with Gasteiger partial charge in [-0.2, -0.15) is 0 Å². The van der Waals surface area contributed by atoms with Gasteiger partial charge in [0.2, 0.25) is 5.69 Å². The molecule has 11 heteroatoms. The first-order valence-electron chi connectivity index (χ1n) is 24.3. The van der Waals surface area contributed by atoms with Crippen LogP contribution in [0, 0.1) is 31.6 Å². The fourth-order valence-electron chi connectivity index (χ4n) is 10.5. The number of nitrogens with one attached hydrogen (secondary N) is 2. The average Bonchev–Trinajstić information content (AvgIpc) is 4.00. The van der Waals surface area contributed by atoms with E-state index >= 15 is 0 Å². The van der Waals surface area contributed by atoms with Gasteiger partial charge >= 0.3 is 35.0 Å². The molecule has 5 heterocycles. The van der Waals surface area contributed by atoms with Crippen LogP contribution in [-0.2, 0) is 19.1 Å². The van der Waals surface area contributed by atoms with Crippen LogP contribution < -0.4 is 19.9 Å². The van der Waals surface area contributed by atoms with Crippen molar-refractivity contribution in [2.45, 2.75) is 170 Å². The number of nitrogens with zero attached hydrogens (tertiary/aromatic N) is 2. The first-order chi connectivity index (χ1) is 30.9. The Morgan fingerprint density at radius 2 is 1.45 bits per heavy atom. The third kappa shape index (κ3) is 11.7. The number of allylic oxidation sites excluding steroid dienone is 3. The molecule has 3 aromatic heterocycles. The fraction of sp³-hybridized carbons (Fsp3) is 0.564. The number of Topliss-reactive ketones (excluding diaryl/α,β-unsaturated/α-hetero) is 2. The van der Waals surface area contributed by atoms with Crippen LogP contribution in [0.2, 0.25) is 0 Å². The van der Waals surface area contributed by atoms with Crippen molar-refractivity contribution in [1.82, 2.24) is 9.97 Å². The molecule has 66 heavy (non-hydrogen) atoms. The molecule has 2 N–H and O–H groups in total. The van der Waals surface area contributed by atoms with Crippen molar-refractivity contribution in [3.63, 3.8) is 0 Å². The largest absolute Gasteiger partial charge is 2.00 e. The minimum atomic E-state index is -1.22. The second-order valence-electron chi connectivity index (χ2n) is 19.9. The van der Waals surface area contributed by atoms with E-state index in [9.17, 15) is 19.2 Å². The minimum absolute atomic E-state index is 0. The fourth-order valence-corrected chi connectivity index (χ4v) is 10.5. The maximum absolute atomic E-state index is 14.4. The number of aryl methyl sites for hydroxylation is 2. The molecule has 0 aromatic carbocycles. The zero-order valence-electron chi connectivity index (χ0n) is 42.0. The summed E-state index contributed by atoms with van der Waals surface area (Å²) in [6, 6.07) is 5.87. The molecule has 8 bridgehead atoms. The Balaban J connectivity index is 0.00000817. The van der Waals surface area contributed by atoms with Crippen LogP contribution in [0.3, 0.4) is 0 Å². The molecule has 2 aliphatic heterocycles. The average molecular weight is 912 g/mol. The minimum Gasteiger partial charge on any atom is -0.657 e. The van der Waals surface area contributed by atoms with Gasteiger partial charge in [0.25, 0.3) is 0 Å². The van der Waals surface area contributed by atoms with Crippen molar-refractivity contribution in [3.05, 3.63) is 86.5 Å². The van der Waals surface area contributed by atoms with E-state index in [1.54, 1.807) is 6.92 Å². The third-order valence-electron chi connectivity index (χ3n) is 14.5. The number of aromatic amines is 2. The molecular weight excluding hydrogens is 837 g/mol. The summed E-state index contributed by atoms with van der Waals surface area (Å²) in [6.45, 7) is 23.2. The van der Waals surface area contributed by atoms with Gasteiger partial charge in [0, 0.05) is 28.7 Å². The Bertz CT molecular complexity index is 2530. The van der Waals surface area contributed by atoms with Crippen LogP contribution in [-0.4, -0.2) is 60.3 Å². The van der Waals surface area contributed by atoms with Crippen LogP contribution in [0.4, 0.5) is 0 Å². The quantitative estimate of drug-likeness (QED) is 0.0380. The normalized spacial score (nSPS) is 19.6. The molecule has 0 unspecified atom stereocenters. The molecule has 3 aromatic rings. The van der Waals surface area contributed by atoms with E-state index in [1.165, 1.54) is 57.6 Å². The Hall–Kier alpha value is -4.35. The number of ether oxygens (including phenoxy) is 2. The third-order valence-corrected chi connectivity index (χ3v) is 14.5. The summed E-state index contributed by atoms with van der Waals surface area (Å²) in [6.07, 6.45) is 15.8. The predicted octanol–water partition coefficient (Wildman–Crippen LogP) is 11.1. The van der Waals surface area contributed by atoms with Crippen molar-refractivity contribution in [3.8, 4) is 0 Å². The molecule has 1 aliphatic carbocycles. The van der Waals surface area contributed by atoms with Crippen molar-refractivity contribution < 1.29 is 38.6 Å². The standard InChI is InChI=1S/C55H73N4O6.Mg/c1-13-39-34(7)41-29-46-48(38(11)60)36(9)43(57-46)27-42-35(8)40(52(58-42)50-51(55(63)64-12)54(62)49-37(10)44(59-53(49)50)28-45(39)56-41)23-24-47(61)65-26-25-33(6)22-16-21-32(5)20-15-19-31(4)18-14-17-30(2)3;/h13,25,27-32,34-35,40,51H,14-24,26H2,1-12H3,(H-,56,57,58,59,60,62);/q-1;+2/p+1/b33-25+,39-13+;/t31-,32-,34-,35+,40+,51-;/m1./s1. The zero-order chi connectivity index (χ0) is 47.3. The second kappa shape index (κ2) is 23.1. The van der Waals surface area contributed by atoms with Crippen LogP contribution in [0.1, 0.15) is 217 Å². The van der Waals surface area contributed by atoms with Gasteiger partial charge in [0.05, 0.1) is 24.9 Å².